The van der Waals surface area contributed by atoms with Gasteiger partial charge in [0.15, 0.2) is 0 Å². The van der Waals surface area contributed by atoms with E-state index in [0.29, 0.717) is 0 Å². The molecule has 23 heavy (non-hydrogen) atoms. The van der Waals surface area contributed by atoms with Gasteiger partial charge in [-0.15, -0.1) is 0 Å². The summed E-state index contributed by atoms with van der Waals surface area (Å²) in [7, 11) is -4.31. The Bertz CT molecular complexity index is 852. The average Bonchev–Trinajstić information content (AvgIpc) is 2.45. The minimum Gasteiger partial charge on any atom is -0.348 e. The van der Waals surface area contributed by atoms with E-state index in [1.807, 2.05) is 0 Å². The first-order valence-corrected chi connectivity index (χ1v) is 8.16. The number of amides is 1. The highest BCUT2D eigenvalue weighted by Gasteiger charge is 2.18. The maximum absolute atomic E-state index is 13.6. The molecule has 0 fully saturated rings. The van der Waals surface area contributed by atoms with E-state index < -0.39 is 32.5 Å². The highest BCUT2D eigenvalue weighted by atomic mass is 35.5. The van der Waals surface area contributed by atoms with Crippen LogP contribution in [0.25, 0.3) is 0 Å². The number of hydrogen-bond acceptors (Lipinski definition) is 3. The molecule has 0 aliphatic heterocycles. The number of primary sulfonamides is 1. The summed E-state index contributed by atoms with van der Waals surface area (Å²) in [6, 6.07) is 6.77. The zero-order chi connectivity index (χ0) is 17.2. The van der Waals surface area contributed by atoms with Gasteiger partial charge < -0.3 is 5.32 Å². The maximum Gasteiger partial charge on any atom is 0.251 e. The number of sulfonamides is 1. The van der Waals surface area contributed by atoms with E-state index in [9.17, 15) is 22.0 Å². The van der Waals surface area contributed by atoms with Crippen LogP contribution in [-0.2, 0) is 16.6 Å². The van der Waals surface area contributed by atoms with E-state index in [0.717, 1.165) is 18.2 Å². The van der Waals surface area contributed by atoms with Gasteiger partial charge in [-0.25, -0.2) is 22.3 Å². The highest BCUT2D eigenvalue weighted by Crippen LogP contribution is 2.19. The van der Waals surface area contributed by atoms with Crippen LogP contribution in [-0.4, -0.2) is 14.3 Å². The van der Waals surface area contributed by atoms with Crippen molar-refractivity contribution in [3.63, 3.8) is 0 Å². The molecule has 122 valence electrons. The zero-order valence-corrected chi connectivity index (χ0v) is 13.1. The number of nitrogens with two attached hydrogens (primary N) is 1. The van der Waals surface area contributed by atoms with E-state index in [2.05, 4.69) is 5.32 Å². The van der Waals surface area contributed by atoms with Crippen LogP contribution >= 0.6 is 11.6 Å². The van der Waals surface area contributed by atoms with Crippen molar-refractivity contribution in [1.29, 1.82) is 0 Å². The third-order valence-electron chi connectivity index (χ3n) is 2.99. The van der Waals surface area contributed by atoms with Crippen molar-refractivity contribution in [2.45, 2.75) is 11.4 Å². The number of nitrogens with one attached hydrogen (secondary N) is 1. The summed E-state index contributed by atoms with van der Waals surface area (Å²) >= 11 is 5.83. The van der Waals surface area contributed by atoms with Gasteiger partial charge in [0.25, 0.3) is 5.91 Å². The SMILES string of the molecule is NS(=O)(=O)c1cc(C(=O)NCc2c(F)cccc2Cl)ccc1F. The van der Waals surface area contributed by atoms with Crippen molar-refractivity contribution in [2.24, 2.45) is 5.14 Å². The summed E-state index contributed by atoms with van der Waals surface area (Å²) in [5.41, 5.74) is -0.0563. The first-order chi connectivity index (χ1) is 10.7. The van der Waals surface area contributed by atoms with Crippen molar-refractivity contribution in [3.8, 4) is 0 Å². The van der Waals surface area contributed by atoms with E-state index >= 15 is 0 Å². The van der Waals surface area contributed by atoms with Gasteiger partial charge in [0.05, 0.1) is 0 Å². The molecular weight excluding hydrogens is 350 g/mol. The van der Waals surface area contributed by atoms with E-state index in [1.165, 1.54) is 18.2 Å². The predicted molar refractivity (Wildman–Crippen MR) is 80.4 cm³/mol. The highest BCUT2D eigenvalue weighted by molar-refractivity contribution is 7.89. The quantitative estimate of drug-likeness (QED) is 0.875. The van der Waals surface area contributed by atoms with Gasteiger partial charge in [-0.2, -0.15) is 0 Å². The van der Waals surface area contributed by atoms with Crippen molar-refractivity contribution < 1.29 is 22.0 Å². The molecule has 0 saturated heterocycles. The van der Waals surface area contributed by atoms with Crippen molar-refractivity contribution in [2.75, 3.05) is 0 Å². The van der Waals surface area contributed by atoms with Crippen LogP contribution in [0.15, 0.2) is 41.3 Å². The molecule has 1 amide bonds. The van der Waals surface area contributed by atoms with Crippen molar-refractivity contribution in [1.82, 2.24) is 5.32 Å². The zero-order valence-electron chi connectivity index (χ0n) is 11.5. The molecule has 2 aromatic carbocycles. The van der Waals surface area contributed by atoms with Crippen LogP contribution in [0.3, 0.4) is 0 Å². The number of hydrogen-bond donors (Lipinski definition) is 2. The summed E-state index contributed by atoms with van der Waals surface area (Å²) in [5.74, 6) is -2.39. The monoisotopic (exact) mass is 360 g/mol. The Morgan fingerprint density at radius 3 is 2.48 bits per heavy atom. The van der Waals surface area contributed by atoms with Crippen LogP contribution in [0, 0.1) is 11.6 Å². The van der Waals surface area contributed by atoms with E-state index in [4.69, 9.17) is 16.7 Å². The molecule has 0 radical (unpaired) electrons. The molecule has 0 heterocycles. The molecule has 0 aromatic heterocycles. The molecule has 2 aromatic rings. The van der Waals surface area contributed by atoms with Crippen LogP contribution < -0.4 is 10.5 Å². The molecule has 0 unspecified atom stereocenters. The summed E-state index contributed by atoms with van der Waals surface area (Å²) in [5, 5.41) is 7.37. The molecule has 9 heteroatoms. The van der Waals surface area contributed by atoms with Gasteiger partial charge in [0.1, 0.15) is 16.5 Å². The largest absolute Gasteiger partial charge is 0.348 e. The third-order valence-corrected chi connectivity index (χ3v) is 4.27. The van der Waals surface area contributed by atoms with Crippen LogP contribution in [0.5, 0.6) is 0 Å². The first-order valence-electron chi connectivity index (χ1n) is 6.23. The maximum atomic E-state index is 13.6. The van der Waals surface area contributed by atoms with Gasteiger partial charge in [0.2, 0.25) is 10.0 Å². The second kappa shape index (κ2) is 6.61. The molecule has 0 spiro atoms. The molecule has 0 aliphatic rings. The first kappa shape index (κ1) is 17.3. The lowest BCUT2D eigenvalue weighted by molar-refractivity contribution is 0.0950. The predicted octanol–water partition coefficient (Wildman–Crippen LogP) is 2.20. The minimum absolute atomic E-state index is 0.0799. The summed E-state index contributed by atoms with van der Waals surface area (Å²) in [6.07, 6.45) is 0. The minimum atomic E-state index is -4.31. The topological polar surface area (TPSA) is 89.3 Å². The lowest BCUT2D eigenvalue weighted by Gasteiger charge is -2.09. The fourth-order valence-electron chi connectivity index (χ4n) is 1.83. The fraction of sp³-hybridized carbons (Fsp3) is 0.0714. The Balaban J connectivity index is 2.22. The van der Waals surface area contributed by atoms with Gasteiger partial charge in [0, 0.05) is 22.7 Å². The molecule has 0 saturated carbocycles. The molecule has 0 atom stereocenters. The summed E-state index contributed by atoms with van der Waals surface area (Å²) in [6.45, 7) is -0.216. The van der Waals surface area contributed by atoms with Crippen LogP contribution in [0.4, 0.5) is 8.78 Å². The Morgan fingerprint density at radius 2 is 1.87 bits per heavy atom. The average molecular weight is 361 g/mol. The Kier molecular flexibility index (Phi) is 4.98. The second-order valence-corrected chi connectivity index (χ2v) is 6.51. The van der Waals surface area contributed by atoms with Gasteiger partial charge >= 0.3 is 0 Å². The Labute approximate surface area is 136 Å². The molecule has 0 bridgehead atoms. The molecular formula is C14H11ClF2N2O3S. The molecule has 2 rings (SSSR count). The Morgan fingerprint density at radius 1 is 1.17 bits per heavy atom. The van der Waals surface area contributed by atoms with Crippen molar-refractivity contribution >= 4 is 27.5 Å². The molecule has 0 aliphatic carbocycles. The van der Waals surface area contributed by atoms with Gasteiger partial charge in [-0.05, 0) is 30.3 Å². The third kappa shape index (κ3) is 4.04. The van der Waals surface area contributed by atoms with Gasteiger partial charge in [-0.1, -0.05) is 17.7 Å². The summed E-state index contributed by atoms with van der Waals surface area (Å²) < 4.78 is 49.5. The number of halogens is 3. The lowest BCUT2D eigenvalue weighted by atomic mass is 10.2. The number of carbonyl (C=O) groups excluding carboxylic acids is 1. The van der Waals surface area contributed by atoms with Crippen molar-refractivity contribution in [3.05, 3.63) is 64.2 Å². The molecule has 3 N–H and O–H groups in total. The summed E-state index contributed by atoms with van der Waals surface area (Å²) in [4.78, 5) is 11.2. The fourth-order valence-corrected chi connectivity index (χ4v) is 2.70. The smallest absolute Gasteiger partial charge is 0.251 e. The van der Waals surface area contributed by atoms with E-state index in [-0.39, 0.29) is 22.7 Å². The van der Waals surface area contributed by atoms with Gasteiger partial charge in [-0.3, -0.25) is 4.79 Å². The number of rotatable bonds is 4. The van der Waals surface area contributed by atoms with Crippen LogP contribution in [0.1, 0.15) is 15.9 Å². The number of benzene rings is 2. The normalized spacial score (nSPS) is 11.3. The second-order valence-electron chi connectivity index (χ2n) is 4.57. The van der Waals surface area contributed by atoms with Crippen LogP contribution in [0.2, 0.25) is 5.02 Å². The standard InChI is InChI=1S/C14H11ClF2N2O3S/c15-10-2-1-3-11(16)9(10)7-19-14(20)8-4-5-12(17)13(6-8)23(18,21)22/h1-6H,7H2,(H,19,20)(H2,18,21,22). The molecule has 5 nitrogen and oxygen atoms in total. The van der Waals surface area contributed by atoms with E-state index in [1.54, 1.807) is 0 Å². The Hall–Kier alpha value is -2.03. The lowest BCUT2D eigenvalue weighted by Crippen LogP contribution is -2.24. The number of carbonyl (C=O) groups is 1.